The lowest BCUT2D eigenvalue weighted by Crippen LogP contribution is -2.30. The molecule has 128 valence electrons. The summed E-state index contributed by atoms with van der Waals surface area (Å²) in [6, 6.07) is 17.6. The molecule has 6 heteroatoms. The Bertz CT molecular complexity index is 851. The highest BCUT2D eigenvalue weighted by atomic mass is 79.9. The lowest BCUT2D eigenvalue weighted by molar-refractivity contribution is -0.120. The van der Waals surface area contributed by atoms with Crippen LogP contribution in [0, 0.1) is 0 Å². The molecule has 0 aliphatic rings. The molecule has 1 atom stereocenters. The number of benzene rings is 2. The van der Waals surface area contributed by atoms with Crippen LogP contribution >= 0.6 is 27.7 Å². The van der Waals surface area contributed by atoms with Crippen molar-refractivity contribution in [2.75, 3.05) is 0 Å². The van der Waals surface area contributed by atoms with Crippen molar-refractivity contribution in [2.45, 2.75) is 23.9 Å². The van der Waals surface area contributed by atoms with Crippen LogP contribution in [0.4, 0.5) is 0 Å². The van der Waals surface area contributed by atoms with Crippen molar-refractivity contribution >= 4 is 33.6 Å². The lowest BCUT2D eigenvalue weighted by atomic mass is 10.2. The Morgan fingerprint density at radius 2 is 2.04 bits per heavy atom. The maximum Gasteiger partial charge on any atom is 0.256 e. The second-order valence-electron chi connectivity index (χ2n) is 5.46. The summed E-state index contributed by atoms with van der Waals surface area (Å²) in [7, 11) is 0. The van der Waals surface area contributed by atoms with Crippen molar-refractivity contribution in [1.82, 2.24) is 10.3 Å². The van der Waals surface area contributed by atoms with Crippen molar-refractivity contribution < 1.29 is 9.21 Å². The average Bonchev–Trinajstić information content (AvgIpc) is 3.09. The Morgan fingerprint density at radius 1 is 1.24 bits per heavy atom. The summed E-state index contributed by atoms with van der Waals surface area (Å²) in [6.45, 7) is 2.35. The van der Waals surface area contributed by atoms with Gasteiger partial charge in [-0.3, -0.25) is 4.79 Å². The first-order valence-electron chi connectivity index (χ1n) is 7.82. The van der Waals surface area contributed by atoms with E-state index in [1.54, 1.807) is 6.20 Å². The van der Waals surface area contributed by atoms with Gasteiger partial charge in [-0.05, 0) is 24.6 Å². The Kier molecular flexibility index (Phi) is 5.94. The third-order valence-electron chi connectivity index (χ3n) is 3.55. The summed E-state index contributed by atoms with van der Waals surface area (Å²) in [5.74, 6) is 0.636. The maximum absolute atomic E-state index is 12.2. The fraction of sp³-hybridized carbons (Fsp3) is 0.158. The van der Waals surface area contributed by atoms with Gasteiger partial charge in [-0.25, -0.2) is 4.98 Å². The summed E-state index contributed by atoms with van der Waals surface area (Å²) < 4.78 is 6.74. The molecular weight excluding hydrogens is 400 g/mol. The van der Waals surface area contributed by atoms with Crippen LogP contribution in [0.5, 0.6) is 0 Å². The zero-order valence-electron chi connectivity index (χ0n) is 13.6. The van der Waals surface area contributed by atoms with E-state index in [0.29, 0.717) is 17.5 Å². The Morgan fingerprint density at radius 3 is 2.80 bits per heavy atom. The molecule has 0 aliphatic heterocycles. The summed E-state index contributed by atoms with van der Waals surface area (Å²) in [6.07, 6.45) is 1.68. The second-order valence-corrected chi connectivity index (χ2v) is 7.67. The third kappa shape index (κ3) is 4.96. The van der Waals surface area contributed by atoms with Crippen LogP contribution in [0.2, 0.25) is 0 Å². The molecule has 25 heavy (non-hydrogen) atoms. The summed E-state index contributed by atoms with van der Waals surface area (Å²) in [5, 5.41) is 3.12. The minimum Gasteiger partial charge on any atom is -0.431 e. The highest BCUT2D eigenvalue weighted by Gasteiger charge is 2.17. The summed E-state index contributed by atoms with van der Waals surface area (Å²) in [4.78, 5) is 16.5. The van der Waals surface area contributed by atoms with E-state index in [0.717, 1.165) is 15.6 Å². The number of hydrogen-bond acceptors (Lipinski definition) is 4. The summed E-state index contributed by atoms with van der Waals surface area (Å²) in [5.41, 5.74) is 2.01. The molecule has 2 aromatic carbocycles. The van der Waals surface area contributed by atoms with Gasteiger partial charge >= 0.3 is 0 Å². The van der Waals surface area contributed by atoms with E-state index < -0.39 is 0 Å². The van der Waals surface area contributed by atoms with E-state index in [1.165, 1.54) is 11.8 Å². The molecule has 0 saturated carbocycles. The van der Waals surface area contributed by atoms with Gasteiger partial charge in [0.25, 0.3) is 5.22 Å². The first-order valence-corrected chi connectivity index (χ1v) is 9.49. The van der Waals surface area contributed by atoms with Crippen molar-refractivity contribution in [1.29, 1.82) is 0 Å². The van der Waals surface area contributed by atoms with Crippen molar-refractivity contribution in [3.8, 4) is 11.3 Å². The smallest absolute Gasteiger partial charge is 0.256 e. The van der Waals surface area contributed by atoms with E-state index in [2.05, 4.69) is 26.2 Å². The van der Waals surface area contributed by atoms with E-state index >= 15 is 0 Å². The van der Waals surface area contributed by atoms with Gasteiger partial charge in [0, 0.05) is 16.6 Å². The molecule has 0 aliphatic carbocycles. The number of hydrogen-bond donors (Lipinski definition) is 1. The van der Waals surface area contributed by atoms with Gasteiger partial charge in [-0.2, -0.15) is 0 Å². The van der Waals surface area contributed by atoms with Crippen LogP contribution in [0.25, 0.3) is 11.3 Å². The number of carbonyl (C=O) groups is 1. The first-order chi connectivity index (χ1) is 12.1. The quantitative estimate of drug-likeness (QED) is 0.580. The number of nitrogens with zero attached hydrogens (tertiary/aromatic N) is 1. The van der Waals surface area contributed by atoms with E-state index in [-0.39, 0.29) is 11.2 Å². The monoisotopic (exact) mass is 416 g/mol. The van der Waals surface area contributed by atoms with Gasteiger partial charge in [0.2, 0.25) is 5.91 Å². The Labute approximate surface area is 159 Å². The maximum atomic E-state index is 12.2. The molecule has 3 aromatic rings. The molecule has 1 aromatic heterocycles. The number of rotatable bonds is 6. The van der Waals surface area contributed by atoms with Crippen molar-refractivity contribution in [3.63, 3.8) is 0 Å². The number of carbonyl (C=O) groups excluding carboxylic acids is 1. The van der Waals surface area contributed by atoms with Gasteiger partial charge < -0.3 is 9.73 Å². The normalized spacial score (nSPS) is 11.9. The highest BCUT2D eigenvalue weighted by molar-refractivity contribution is 9.10. The van der Waals surface area contributed by atoms with Crippen LogP contribution in [0.15, 0.2) is 74.9 Å². The predicted molar refractivity (Wildman–Crippen MR) is 103 cm³/mol. The minimum atomic E-state index is -0.294. The molecule has 0 radical (unpaired) electrons. The number of halogens is 1. The number of nitrogens with one attached hydrogen (secondary N) is 1. The molecule has 4 nitrogen and oxygen atoms in total. The average molecular weight is 417 g/mol. The van der Waals surface area contributed by atoms with Gasteiger partial charge in [-0.1, -0.05) is 70.2 Å². The molecular formula is C19H17BrN2O2S. The molecule has 1 heterocycles. The van der Waals surface area contributed by atoms with Crippen molar-refractivity contribution in [3.05, 3.63) is 70.8 Å². The fourth-order valence-electron chi connectivity index (χ4n) is 2.22. The first kappa shape index (κ1) is 17.8. The topological polar surface area (TPSA) is 55.1 Å². The van der Waals surface area contributed by atoms with E-state index in [1.807, 2.05) is 61.5 Å². The molecule has 3 rings (SSSR count). The predicted octanol–water partition coefficient (Wildman–Crippen LogP) is 4.90. The van der Waals surface area contributed by atoms with Crippen LogP contribution < -0.4 is 5.32 Å². The van der Waals surface area contributed by atoms with Crippen LogP contribution in [-0.4, -0.2) is 16.1 Å². The minimum absolute atomic E-state index is 0.0453. The SMILES string of the molecule is C[C@H](Sc1ncc(-c2cccc(Br)c2)o1)C(=O)NCc1ccccc1. The van der Waals surface area contributed by atoms with Crippen molar-refractivity contribution in [2.24, 2.45) is 0 Å². The molecule has 0 spiro atoms. The van der Waals surface area contributed by atoms with Gasteiger partial charge in [-0.15, -0.1) is 0 Å². The highest BCUT2D eigenvalue weighted by Crippen LogP contribution is 2.29. The molecule has 0 saturated heterocycles. The lowest BCUT2D eigenvalue weighted by Gasteiger charge is -2.10. The van der Waals surface area contributed by atoms with Gasteiger partial charge in [0.15, 0.2) is 5.76 Å². The number of amides is 1. The van der Waals surface area contributed by atoms with Crippen LogP contribution in [-0.2, 0) is 11.3 Å². The molecule has 0 bridgehead atoms. The number of aromatic nitrogens is 1. The largest absolute Gasteiger partial charge is 0.431 e. The van der Waals surface area contributed by atoms with Crippen LogP contribution in [0.3, 0.4) is 0 Å². The van der Waals surface area contributed by atoms with Gasteiger partial charge in [0.1, 0.15) is 0 Å². The fourth-order valence-corrected chi connectivity index (χ4v) is 3.36. The van der Waals surface area contributed by atoms with Crippen LogP contribution in [0.1, 0.15) is 12.5 Å². The van der Waals surface area contributed by atoms with E-state index in [4.69, 9.17) is 4.42 Å². The standard InChI is InChI=1S/C19H17BrN2O2S/c1-13(18(23)21-11-14-6-3-2-4-7-14)25-19-22-12-17(24-19)15-8-5-9-16(20)10-15/h2-10,12-13H,11H2,1H3,(H,21,23)/t13-/m0/s1. The Balaban J connectivity index is 1.57. The Hall–Kier alpha value is -2.05. The second kappa shape index (κ2) is 8.36. The number of thioether (sulfide) groups is 1. The molecule has 0 fully saturated rings. The zero-order valence-corrected chi connectivity index (χ0v) is 16.0. The number of oxazole rings is 1. The molecule has 1 N–H and O–H groups in total. The molecule has 0 unspecified atom stereocenters. The zero-order chi connectivity index (χ0) is 17.6. The summed E-state index contributed by atoms with van der Waals surface area (Å²) >= 11 is 4.75. The third-order valence-corrected chi connectivity index (χ3v) is 5.00. The molecule has 1 amide bonds. The van der Waals surface area contributed by atoms with Gasteiger partial charge in [0.05, 0.1) is 11.4 Å². The van der Waals surface area contributed by atoms with E-state index in [9.17, 15) is 4.79 Å².